The van der Waals surface area contributed by atoms with Crippen LogP contribution in [0.2, 0.25) is 0 Å². The number of aromatic nitrogens is 1. The van der Waals surface area contributed by atoms with E-state index < -0.39 is 17.7 Å². The third-order valence-electron chi connectivity index (χ3n) is 6.21. The molecule has 6 nitrogen and oxygen atoms in total. The van der Waals surface area contributed by atoms with E-state index in [1.54, 1.807) is 24.3 Å². The first-order chi connectivity index (χ1) is 16.8. The van der Waals surface area contributed by atoms with Gasteiger partial charge in [-0.05, 0) is 55.7 Å². The van der Waals surface area contributed by atoms with Gasteiger partial charge < -0.3 is 9.84 Å². The maximum atomic E-state index is 13.4. The molecule has 176 valence electrons. The molecule has 3 aromatic carbocycles. The predicted octanol–water partition coefficient (Wildman–Crippen LogP) is 5.86. The number of fused-ring (bicyclic) bond motifs is 1. The summed E-state index contributed by atoms with van der Waals surface area (Å²) in [5, 5.41) is 11.7. The number of nitrogens with zero attached hydrogens (tertiary/aromatic N) is 2. The summed E-state index contributed by atoms with van der Waals surface area (Å²) in [6.07, 6.45) is 0. The number of benzene rings is 3. The Kier molecular flexibility index (Phi) is 5.65. The van der Waals surface area contributed by atoms with Gasteiger partial charge in [0, 0.05) is 5.56 Å². The standard InChI is InChI=1S/C28H24N2O4S/c1-15-8-10-18(11-9-15)24-22(25(31)19-6-5-7-20(14-19)34-4)26(32)27(33)30(24)28-29-23-17(3)12-16(2)13-21(23)35-28/h5-14,24,31H,1-4H3/b25-22+/t24-/m1/s1. The lowest BCUT2D eigenvalue weighted by atomic mass is 9.95. The number of aliphatic hydroxyl groups excluding tert-OH is 1. The number of carbonyl (C=O) groups is 2. The fourth-order valence-corrected chi connectivity index (χ4v) is 5.65. The molecule has 0 spiro atoms. The molecule has 5 rings (SSSR count). The zero-order valence-corrected chi connectivity index (χ0v) is 20.6. The van der Waals surface area contributed by atoms with Crippen LogP contribution in [0.3, 0.4) is 0 Å². The van der Waals surface area contributed by atoms with Crippen LogP contribution in [-0.2, 0) is 9.59 Å². The van der Waals surface area contributed by atoms with Crippen molar-refractivity contribution in [3.05, 3.63) is 94.1 Å². The average Bonchev–Trinajstić information content (AvgIpc) is 3.38. The van der Waals surface area contributed by atoms with E-state index in [9.17, 15) is 14.7 Å². The molecule has 0 unspecified atom stereocenters. The lowest BCUT2D eigenvalue weighted by Crippen LogP contribution is -2.29. The zero-order chi connectivity index (χ0) is 24.9. The number of aryl methyl sites for hydroxylation is 3. The van der Waals surface area contributed by atoms with Crippen molar-refractivity contribution in [1.82, 2.24) is 4.98 Å². The van der Waals surface area contributed by atoms with Crippen molar-refractivity contribution in [1.29, 1.82) is 0 Å². The van der Waals surface area contributed by atoms with Gasteiger partial charge in [0.05, 0.1) is 28.9 Å². The Bertz CT molecular complexity index is 1520. The summed E-state index contributed by atoms with van der Waals surface area (Å²) in [4.78, 5) is 33.0. The topological polar surface area (TPSA) is 79.7 Å². The van der Waals surface area contributed by atoms with Gasteiger partial charge in [-0.15, -0.1) is 0 Å². The van der Waals surface area contributed by atoms with Crippen molar-refractivity contribution in [3.8, 4) is 5.75 Å². The first-order valence-corrected chi connectivity index (χ1v) is 12.0. The highest BCUT2D eigenvalue weighted by Gasteiger charge is 2.48. The highest BCUT2D eigenvalue weighted by molar-refractivity contribution is 7.22. The molecule has 1 fully saturated rings. The minimum atomic E-state index is -0.816. The normalized spacial score (nSPS) is 17.4. The number of ether oxygens (including phenoxy) is 1. The number of hydrogen-bond acceptors (Lipinski definition) is 6. The molecule has 1 aromatic heterocycles. The Morgan fingerprint density at radius 1 is 1.00 bits per heavy atom. The van der Waals surface area contributed by atoms with E-state index >= 15 is 0 Å². The summed E-state index contributed by atoms with van der Waals surface area (Å²) in [6.45, 7) is 5.96. The maximum Gasteiger partial charge on any atom is 0.301 e. The molecular formula is C28H24N2O4S. The fraction of sp³-hybridized carbons (Fsp3) is 0.179. The molecule has 0 radical (unpaired) electrons. The maximum absolute atomic E-state index is 13.4. The van der Waals surface area contributed by atoms with Gasteiger partial charge in [-0.3, -0.25) is 14.5 Å². The van der Waals surface area contributed by atoms with Crippen LogP contribution >= 0.6 is 11.3 Å². The predicted molar refractivity (Wildman–Crippen MR) is 138 cm³/mol. The van der Waals surface area contributed by atoms with Crippen molar-refractivity contribution in [2.75, 3.05) is 12.0 Å². The second kappa shape index (κ2) is 8.67. The van der Waals surface area contributed by atoms with E-state index in [4.69, 9.17) is 9.72 Å². The molecule has 0 aliphatic carbocycles. The monoisotopic (exact) mass is 484 g/mol. The molecular weight excluding hydrogens is 460 g/mol. The van der Waals surface area contributed by atoms with Crippen LogP contribution in [-0.4, -0.2) is 28.9 Å². The fourth-order valence-electron chi connectivity index (χ4n) is 4.48. The van der Waals surface area contributed by atoms with E-state index in [2.05, 4.69) is 0 Å². The van der Waals surface area contributed by atoms with E-state index in [1.165, 1.54) is 23.3 Å². The Labute approximate surface area is 207 Å². The van der Waals surface area contributed by atoms with E-state index in [0.717, 1.165) is 26.9 Å². The van der Waals surface area contributed by atoms with Gasteiger partial charge in [-0.2, -0.15) is 0 Å². The van der Waals surface area contributed by atoms with Crippen molar-refractivity contribution in [2.24, 2.45) is 0 Å². The lowest BCUT2D eigenvalue weighted by molar-refractivity contribution is -0.132. The molecule has 1 amide bonds. The first-order valence-electron chi connectivity index (χ1n) is 11.2. The molecule has 0 saturated carbocycles. The number of amides is 1. The van der Waals surface area contributed by atoms with Gasteiger partial charge in [0.2, 0.25) is 0 Å². The summed E-state index contributed by atoms with van der Waals surface area (Å²) >= 11 is 1.36. The van der Waals surface area contributed by atoms with Crippen molar-refractivity contribution in [2.45, 2.75) is 26.8 Å². The Balaban J connectivity index is 1.74. The van der Waals surface area contributed by atoms with Crippen LogP contribution in [0, 0.1) is 20.8 Å². The smallest absolute Gasteiger partial charge is 0.301 e. The van der Waals surface area contributed by atoms with Gasteiger partial charge in [-0.1, -0.05) is 59.4 Å². The van der Waals surface area contributed by atoms with Crippen molar-refractivity contribution < 1.29 is 19.4 Å². The zero-order valence-electron chi connectivity index (χ0n) is 19.8. The highest BCUT2D eigenvalue weighted by Crippen LogP contribution is 2.44. The molecule has 1 saturated heterocycles. The number of rotatable bonds is 4. The van der Waals surface area contributed by atoms with Gasteiger partial charge >= 0.3 is 5.91 Å². The second-order valence-corrected chi connectivity index (χ2v) is 9.75. The van der Waals surface area contributed by atoms with Crippen molar-refractivity contribution in [3.63, 3.8) is 0 Å². The molecule has 7 heteroatoms. The van der Waals surface area contributed by atoms with E-state index in [1.807, 2.05) is 57.2 Å². The lowest BCUT2D eigenvalue weighted by Gasteiger charge is -2.23. The number of anilines is 1. The molecule has 1 aliphatic heterocycles. The molecule has 2 heterocycles. The van der Waals surface area contributed by atoms with Gasteiger partial charge in [0.25, 0.3) is 5.78 Å². The third-order valence-corrected chi connectivity index (χ3v) is 7.21. The van der Waals surface area contributed by atoms with Gasteiger partial charge in [0.1, 0.15) is 11.5 Å². The van der Waals surface area contributed by atoms with Crippen LogP contribution in [0.25, 0.3) is 16.0 Å². The first kappa shape index (κ1) is 22.8. The number of ketones is 1. The van der Waals surface area contributed by atoms with Crippen LogP contribution < -0.4 is 9.64 Å². The molecule has 35 heavy (non-hydrogen) atoms. The average molecular weight is 485 g/mol. The quantitative estimate of drug-likeness (QED) is 0.223. The summed E-state index contributed by atoms with van der Waals surface area (Å²) < 4.78 is 6.22. The number of aliphatic hydroxyl groups is 1. The van der Waals surface area contributed by atoms with Crippen LogP contribution in [0.1, 0.15) is 33.9 Å². The molecule has 0 bridgehead atoms. The number of hydrogen-bond donors (Lipinski definition) is 1. The summed E-state index contributed by atoms with van der Waals surface area (Å²) in [5.74, 6) is -1.17. The minimum Gasteiger partial charge on any atom is -0.507 e. The van der Waals surface area contributed by atoms with Gasteiger partial charge in [-0.25, -0.2) is 4.98 Å². The second-order valence-electron chi connectivity index (χ2n) is 8.74. The largest absolute Gasteiger partial charge is 0.507 e. The number of Topliss-reactive ketones (excluding diaryl/α,β-unsaturated/α-hetero) is 1. The molecule has 1 aliphatic rings. The summed E-state index contributed by atoms with van der Waals surface area (Å²) in [5.41, 5.74) is 5.08. The van der Waals surface area contributed by atoms with Gasteiger partial charge in [0.15, 0.2) is 5.13 Å². The Morgan fingerprint density at radius 3 is 2.46 bits per heavy atom. The SMILES string of the molecule is COc1cccc(/C(O)=C2\C(=O)C(=O)N(c3nc4c(C)cc(C)cc4s3)[C@@H]2c2ccc(C)cc2)c1. The number of carbonyl (C=O) groups excluding carboxylic acids is 2. The van der Waals surface area contributed by atoms with Crippen LogP contribution in [0.15, 0.2) is 66.2 Å². The molecule has 1 N–H and O–H groups in total. The number of thiazole rings is 1. The Morgan fingerprint density at radius 2 is 1.74 bits per heavy atom. The third kappa shape index (κ3) is 3.88. The van der Waals surface area contributed by atoms with Crippen LogP contribution in [0.4, 0.5) is 5.13 Å². The molecule has 1 atom stereocenters. The minimum absolute atomic E-state index is 0.0271. The van der Waals surface area contributed by atoms with E-state index in [0.29, 0.717) is 22.0 Å². The highest BCUT2D eigenvalue weighted by atomic mass is 32.1. The van der Waals surface area contributed by atoms with E-state index in [-0.39, 0.29) is 11.3 Å². The Hall–Kier alpha value is -3.97. The number of methoxy groups -OCH3 is 1. The summed E-state index contributed by atoms with van der Waals surface area (Å²) in [6, 6.07) is 17.6. The van der Waals surface area contributed by atoms with Crippen molar-refractivity contribution >= 4 is 44.1 Å². The van der Waals surface area contributed by atoms with Crippen LogP contribution in [0.5, 0.6) is 5.75 Å². The summed E-state index contributed by atoms with van der Waals surface area (Å²) in [7, 11) is 1.53. The molecule has 4 aromatic rings.